The predicted octanol–water partition coefficient (Wildman–Crippen LogP) is 1.42. The molecule has 3 atom stereocenters. The summed E-state index contributed by atoms with van der Waals surface area (Å²) in [5, 5.41) is 9.02. The fourth-order valence-corrected chi connectivity index (χ4v) is 1.88. The van der Waals surface area contributed by atoms with Gasteiger partial charge in [-0.2, -0.15) is 5.26 Å². The van der Waals surface area contributed by atoms with Crippen LogP contribution in [0, 0.1) is 23.2 Å². The number of nitriles is 1. The normalized spacial score (nSPS) is 27.6. The third kappa shape index (κ3) is 2.73. The third-order valence-corrected chi connectivity index (χ3v) is 2.96. The molecule has 0 aromatic heterocycles. The van der Waals surface area contributed by atoms with E-state index in [9.17, 15) is 4.79 Å². The Morgan fingerprint density at radius 1 is 1.50 bits per heavy atom. The minimum absolute atomic E-state index is 0.0554. The molecule has 16 heavy (non-hydrogen) atoms. The summed E-state index contributed by atoms with van der Waals surface area (Å²) in [6, 6.07) is 2.17. The number of rotatable bonds is 2. The number of nitrogens with zero attached hydrogens (tertiary/aromatic N) is 2. The lowest BCUT2D eigenvalue weighted by Gasteiger charge is -2.38. The summed E-state index contributed by atoms with van der Waals surface area (Å²) in [6.45, 7) is 8.86. The van der Waals surface area contributed by atoms with Crippen LogP contribution in [0.3, 0.4) is 0 Å². The smallest absolute Gasteiger partial charge is 0.240 e. The maximum atomic E-state index is 12.2. The first-order valence-corrected chi connectivity index (χ1v) is 5.79. The molecule has 4 heteroatoms. The molecule has 0 aromatic carbocycles. The second kappa shape index (κ2) is 5.31. The van der Waals surface area contributed by atoms with Crippen molar-refractivity contribution < 1.29 is 9.53 Å². The van der Waals surface area contributed by atoms with E-state index in [1.807, 2.05) is 27.7 Å². The van der Waals surface area contributed by atoms with Gasteiger partial charge in [0.2, 0.25) is 5.91 Å². The van der Waals surface area contributed by atoms with Crippen LogP contribution in [-0.4, -0.2) is 36.1 Å². The third-order valence-electron chi connectivity index (χ3n) is 2.96. The lowest BCUT2D eigenvalue weighted by molar-refractivity contribution is -0.146. The second-order valence-electron chi connectivity index (χ2n) is 4.83. The summed E-state index contributed by atoms with van der Waals surface area (Å²) in [5.74, 6) is -0.532. The molecular formula is C12H20N2O2. The van der Waals surface area contributed by atoms with Gasteiger partial charge in [0, 0.05) is 6.54 Å². The van der Waals surface area contributed by atoms with Crippen LogP contribution in [0.15, 0.2) is 0 Å². The van der Waals surface area contributed by atoms with E-state index in [4.69, 9.17) is 10.00 Å². The largest absolute Gasteiger partial charge is 0.375 e. The van der Waals surface area contributed by atoms with Crippen LogP contribution in [0.5, 0.6) is 0 Å². The minimum atomic E-state index is -0.534. The van der Waals surface area contributed by atoms with Gasteiger partial charge >= 0.3 is 0 Å². The first-order valence-electron chi connectivity index (χ1n) is 5.79. The zero-order valence-electron chi connectivity index (χ0n) is 10.4. The van der Waals surface area contributed by atoms with Gasteiger partial charge in [-0.3, -0.25) is 4.79 Å². The van der Waals surface area contributed by atoms with Crippen LogP contribution in [-0.2, 0) is 9.53 Å². The fraction of sp³-hybridized carbons (Fsp3) is 0.833. The molecule has 1 fully saturated rings. The van der Waals surface area contributed by atoms with Crippen molar-refractivity contribution in [2.75, 3.05) is 13.2 Å². The van der Waals surface area contributed by atoms with Crippen molar-refractivity contribution in [1.29, 1.82) is 5.26 Å². The van der Waals surface area contributed by atoms with Crippen LogP contribution in [0.25, 0.3) is 0 Å². The Balaban J connectivity index is 2.75. The van der Waals surface area contributed by atoms with Crippen molar-refractivity contribution in [3.05, 3.63) is 0 Å². The number of hydrogen-bond acceptors (Lipinski definition) is 3. The van der Waals surface area contributed by atoms with Gasteiger partial charge < -0.3 is 9.64 Å². The topological polar surface area (TPSA) is 53.3 Å². The number of ether oxygens (including phenoxy) is 1. The lowest BCUT2D eigenvalue weighted by atomic mass is 9.95. The first kappa shape index (κ1) is 13.0. The van der Waals surface area contributed by atoms with Gasteiger partial charge in [0.1, 0.15) is 5.92 Å². The Bertz CT molecular complexity index is 296. The summed E-state index contributed by atoms with van der Waals surface area (Å²) in [7, 11) is 0. The lowest BCUT2D eigenvalue weighted by Crippen LogP contribution is -2.52. The molecular weight excluding hydrogens is 204 g/mol. The van der Waals surface area contributed by atoms with Crippen LogP contribution in [0.4, 0.5) is 0 Å². The molecule has 1 rings (SSSR count). The van der Waals surface area contributed by atoms with Crippen molar-refractivity contribution >= 4 is 5.91 Å². The highest BCUT2D eigenvalue weighted by atomic mass is 16.5. The van der Waals surface area contributed by atoms with Crippen LogP contribution >= 0.6 is 0 Å². The minimum Gasteiger partial charge on any atom is -0.375 e. The van der Waals surface area contributed by atoms with E-state index in [0.717, 1.165) is 0 Å². The zero-order chi connectivity index (χ0) is 12.3. The van der Waals surface area contributed by atoms with Gasteiger partial charge in [0.05, 0.1) is 24.8 Å². The Labute approximate surface area is 97.2 Å². The van der Waals surface area contributed by atoms with Gasteiger partial charge in [0.15, 0.2) is 0 Å². The number of morpholine rings is 1. The number of carbonyl (C=O) groups is 1. The summed E-state index contributed by atoms with van der Waals surface area (Å²) < 4.78 is 5.47. The van der Waals surface area contributed by atoms with Gasteiger partial charge in [-0.15, -0.1) is 0 Å². The quantitative estimate of drug-likeness (QED) is 0.712. The second-order valence-corrected chi connectivity index (χ2v) is 4.83. The van der Waals surface area contributed by atoms with Gasteiger partial charge in [0.25, 0.3) is 0 Å². The molecule has 0 spiro atoms. The van der Waals surface area contributed by atoms with Crippen molar-refractivity contribution in [2.24, 2.45) is 11.8 Å². The average molecular weight is 224 g/mol. The predicted molar refractivity (Wildman–Crippen MR) is 60.5 cm³/mol. The van der Waals surface area contributed by atoms with Gasteiger partial charge in [-0.05, 0) is 19.8 Å². The van der Waals surface area contributed by atoms with Crippen LogP contribution < -0.4 is 0 Å². The molecule has 1 amide bonds. The van der Waals surface area contributed by atoms with Gasteiger partial charge in [-0.25, -0.2) is 0 Å². The SMILES string of the molecule is CC1CN(C(=O)C(C#N)C(C)C)C(C)CO1. The van der Waals surface area contributed by atoms with E-state index in [-0.39, 0.29) is 24.0 Å². The van der Waals surface area contributed by atoms with E-state index in [2.05, 4.69) is 6.07 Å². The molecule has 1 aliphatic rings. The molecule has 1 saturated heterocycles. The average Bonchev–Trinajstić information content (AvgIpc) is 2.22. The maximum Gasteiger partial charge on any atom is 0.240 e. The Morgan fingerprint density at radius 3 is 2.62 bits per heavy atom. The van der Waals surface area contributed by atoms with E-state index in [1.54, 1.807) is 4.90 Å². The fourth-order valence-electron chi connectivity index (χ4n) is 1.88. The van der Waals surface area contributed by atoms with E-state index in [1.165, 1.54) is 0 Å². The van der Waals surface area contributed by atoms with E-state index < -0.39 is 5.92 Å². The Hall–Kier alpha value is -1.08. The van der Waals surface area contributed by atoms with Crippen LogP contribution in [0.2, 0.25) is 0 Å². The highest BCUT2D eigenvalue weighted by Crippen LogP contribution is 2.19. The summed E-state index contributed by atoms with van der Waals surface area (Å²) >= 11 is 0. The standard InChI is InChI=1S/C12H20N2O2/c1-8(2)11(5-13)12(15)14-6-10(4)16-7-9(14)3/h8-11H,6-7H2,1-4H3. The Kier molecular flexibility index (Phi) is 4.31. The highest BCUT2D eigenvalue weighted by molar-refractivity contribution is 5.81. The summed E-state index contributed by atoms with van der Waals surface area (Å²) in [6.07, 6.45) is 0.0617. The molecule has 0 bridgehead atoms. The van der Waals surface area contributed by atoms with E-state index in [0.29, 0.717) is 13.2 Å². The number of hydrogen-bond donors (Lipinski definition) is 0. The summed E-state index contributed by atoms with van der Waals surface area (Å²) in [5.41, 5.74) is 0. The molecule has 90 valence electrons. The number of amides is 1. The van der Waals surface area contributed by atoms with Crippen molar-refractivity contribution in [3.8, 4) is 6.07 Å². The Morgan fingerprint density at radius 2 is 2.12 bits per heavy atom. The highest BCUT2D eigenvalue weighted by Gasteiger charge is 2.33. The molecule has 1 heterocycles. The van der Waals surface area contributed by atoms with Gasteiger partial charge in [-0.1, -0.05) is 13.8 Å². The molecule has 0 saturated carbocycles. The molecule has 0 aromatic rings. The van der Waals surface area contributed by atoms with Crippen LogP contribution in [0.1, 0.15) is 27.7 Å². The maximum absolute atomic E-state index is 12.2. The number of carbonyl (C=O) groups excluding carboxylic acids is 1. The summed E-state index contributed by atoms with van der Waals surface area (Å²) in [4.78, 5) is 14.0. The molecule has 4 nitrogen and oxygen atoms in total. The van der Waals surface area contributed by atoms with Crippen molar-refractivity contribution in [1.82, 2.24) is 4.90 Å². The van der Waals surface area contributed by atoms with Crippen molar-refractivity contribution in [2.45, 2.75) is 39.8 Å². The zero-order valence-corrected chi connectivity index (χ0v) is 10.4. The van der Waals surface area contributed by atoms with Crippen molar-refractivity contribution in [3.63, 3.8) is 0 Å². The molecule has 0 N–H and O–H groups in total. The first-order chi connectivity index (χ1) is 7.47. The molecule has 0 aliphatic carbocycles. The monoisotopic (exact) mass is 224 g/mol. The van der Waals surface area contributed by atoms with E-state index >= 15 is 0 Å². The molecule has 1 aliphatic heterocycles. The molecule has 3 unspecified atom stereocenters. The molecule has 0 radical (unpaired) electrons.